The molecule has 1 rings (SSSR count). The molecule has 0 spiro atoms. The van der Waals surface area contributed by atoms with Crippen molar-refractivity contribution in [2.75, 3.05) is 0 Å². The van der Waals surface area contributed by atoms with Crippen molar-refractivity contribution in [3.63, 3.8) is 0 Å². The van der Waals surface area contributed by atoms with E-state index in [2.05, 4.69) is 0 Å². The summed E-state index contributed by atoms with van der Waals surface area (Å²) in [5.74, 6) is -0.584. The Labute approximate surface area is 89.2 Å². The van der Waals surface area contributed by atoms with Gasteiger partial charge in [0.05, 0.1) is 10.0 Å². The molecule has 0 radical (unpaired) electrons. The maximum Gasteiger partial charge on any atom is 0.143 e. The third kappa shape index (κ3) is 1.97. The molecule has 0 saturated heterocycles. The summed E-state index contributed by atoms with van der Waals surface area (Å²) in [6.45, 7) is 0. The Kier molecular flexibility index (Phi) is 3.47. The highest BCUT2D eigenvalue weighted by Crippen LogP contribution is 2.36. The van der Waals surface area contributed by atoms with Gasteiger partial charge in [0, 0.05) is 5.56 Å². The average molecular weight is 248 g/mol. The number of alkyl halides is 2. The molecule has 1 aromatic rings. The van der Waals surface area contributed by atoms with Crippen LogP contribution in [-0.4, -0.2) is 0 Å². The fourth-order valence-electron chi connectivity index (χ4n) is 0.709. The van der Waals surface area contributed by atoms with Gasteiger partial charge in [0.1, 0.15) is 10.7 Å². The normalized spacial score (nSPS) is 10.8. The van der Waals surface area contributed by atoms with E-state index in [1.54, 1.807) is 0 Å². The monoisotopic (exact) mass is 246 g/mol. The summed E-state index contributed by atoms with van der Waals surface area (Å²) < 4.78 is 12.7. The second-order valence-electron chi connectivity index (χ2n) is 2.07. The van der Waals surface area contributed by atoms with Gasteiger partial charge >= 0.3 is 0 Å². The number of hydrogen-bond acceptors (Lipinski definition) is 0. The maximum atomic E-state index is 12.7. The van der Waals surface area contributed by atoms with E-state index in [-0.39, 0.29) is 10.0 Å². The molecule has 66 valence electrons. The van der Waals surface area contributed by atoms with Crippen molar-refractivity contribution in [1.29, 1.82) is 0 Å². The minimum atomic E-state index is -0.796. The molecular weight excluding hydrogens is 245 g/mol. The van der Waals surface area contributed by atoms with Crippen LogP contribution in [0.15, 0.2) is 12.1 Å². The standard InChI is InChI=1S/C7H3Cl4F/c8-5-3(7(10)11)1-2-4(12)6(5)9/h1-2,7H. The van der Waals surface area contributed by atoms with Crippen LogP contribution in [0, 0.1) is 5.82 Å². The van der Waals surface area contributed by atoms with Crippen molar-refractivity contribution < 1.29 is 4.39 Å². The molecule has 0 amide bonds. The van der Waals surface area contributed by atoms with Crippen LogP contribution in [0.1, 0.15) is 10.4 Å². The zero-order valence-electron chi connectivity index (χ0n) is 5.62. The highest BCUT2D eigenvalue weighted by atomic mass is 35.5. The smallest absolute Gasteiger partial charge is 0.143 e. The van der Waals surface area contributed by atoms with E-state index in [0.29, 0.717) is 5.56 Å². The fourth-order valence-corrected chi connectivity index (χ4v) is 1.62. The lowest BCUT2D eigenvalue weighted by Crippen LogP contribution is -1.87. The molecule has 0 aromatic heterocycles. The molecule has 0 heterocycles. The molecule has 12 heavy (non-hydrogen) atoms. The van der Waals surface area contributed by atoms with Crippen LogP contribution in [0.25, 0.3) is 0 Å². The van der Waals surface area contributed by atoms with E-state index in [0.717, 1.165) is 0 Å². The highest BCUT2D eigenvalue weighted by Gasteiger charge is 2.13. The number of halogens is 5. The molecule has 1 aromatic carbocycles. The van der Waals surface area contributed by atoms with Gasteiger partial charge in [-0.25, -0.2) is 4.39 Å². The van der Waals surface area contributed by atoms with E-state index < -0.39 is 10.7 Å². The number of rotatable bonds is 1. The molecule has 0 aliphatic heterocycles. The molecule has 0 aliphatic carbocycles. The van der Waals surface area contributed by atoms with Crippen LogP contribution < -0.4 is 0 Å². The summed E-state index contributed by atoms with van der Waals surface area (Å²) in [5.41, 5.74) is 0.409. The Morgan fingerprint density at radius 3 is 2.17 bits per heavy atom. The van der Waals surface area contributed by atoms with Gasteiger partial charge in [-0.05, 0) is 6.07 Å². The minimum absolute atomic E-state index is 0.0617. The molecule has 0 atom stereocenters. The second kappa shape index (κ2) is 4.01. The van der Waals surface area contributed by atoms with Crippen LogP contribution in [0.3, 0.4) is 0 Å². The summed E-state index contributed by atoms with van der Waals surface area (Å²) >= 11 is 22.2. The van der Waals surface area contributed by atoms with Crippen LogP contribution in [0.4, 0.5) is 4.39 Å². The largest absolute Gasteiger partial charge is 0.205 e. The van der Waals surface area contributed by atoms with E-state index in [4.69, 9.17) is 46.4 Å². The number of benzene rings is 1. The van der Waals surface area contributed by atoms with Crippen molar-refractivity contribution in [2.24, 2.45) is 0 Å². The molecule has 0 fully saturated rings. The van der Waals surface area contributed by atoms with E-state index in [1.165, 1.54) is 12.1 Å². The highest BCUT2D eigenvalue weighted by molar-refractivity contribution is 6.47. The third-order valence-corrected chi connectivity index (χ3v) is 2.64. The zero-order valence-corrected chi connectivity index (χ0v) is 8.65. The quantitative estimate of drug-likeness (QED) is 0.502. The van der Waals surface area contributed by atoms with Crippen LogP contribution in [0.2, 0.25) is 10.0 Å². The summed E-state index contributed by atoms with van der Waals surface area (Å²) in [6, 6.07) is 2.56. The first kappa shape index (κ1) is 10.4. The lowest BCUT2D eigenvalue weighted by Gasteiger charge is -2.05. The Morgan fingerprint density at radius 2 is 1.67 bits per heavy atom. The fraction of sp³-hybridized carbons (Fsp3) is 0.143. The second-order valence-corrected chi connectivity index (χ2v) is 3.92. The van der Waals surface area contributed by atoms with Gasteiger partial charge in [-0.2, -0.15) is 0 Å². The van der Waals surface area contributed by atoms with Crippen LogP contribution >= 0.6 is 46.4 Å². The van der Waals surface area contributed by atoms with Gasteiger partial charge < -0.3 is 0 Å². The van der Waals surface area contributed by atoms with E-state index >= 15 is 0 Å². The summed E-state index contributed by atoms with van der Waals surface area (Å²) in [5, 5.41) is -0.0906. The van der Waals surface area contributed by atoms with Crippen LogP contribution in [0.5, 0.6) is 0 Å². The summed E-state index contributed by atoms with van der Waals surface area (Å²) in [6.07, 6.45) is 0. The predicted molar refractivity (Wildman–Crippen MR) is 50.9 cm³/mol. The molecule has 0 nitrogen and oxygen atoms in total. The number of hydrogen-bond donors (Lipinski definition) is 0. The first-order valence-corrected chi connectivity index (χ1v) is 4.58. The Balaban J connectivity index is 3.27. The van der Waals surface area contributed by atoms with Crippen molar-refractivity contribution >= 4 is 46.4 Å². The van der Waals surface area contributed by atoms with Gasteiger partial charge in [0.15, 0.2) is 0 Å². The molecule has 0 N–H and O–H groups in total. The van der Waals surface area contributed by atoms with E-state index in [9.17, 15) is 4.39 Å². The molecule has 0 bridgehead atoms. The lowest BCUT2D eigenvalue weighted by atomic mass is 10.2. The Morgan fingerprint density at radius 1 is 1.08 bits per heavy atom. The van der Waals surface area contributed by atoms with Crippen molar-refractivity contribution in [1.82, 2.24) is 0 Å². The first-order chi connectivity index (χ1) is 5.54. The maximum absolute atomic E-state index is 12.7. The Bertz CT molecular complexity index is 298. The van der Waals surface area contributed by atoms with Crippen molar-refractivity contribution in [3.05, 3.63) is 33.6 Å². The first-order valence-electron chi connectivity index (χ1n) is 2.95. The SMILES string of the molecule is Fc1ccc(C(Cl)Cl)c(Cl)c1Cl. The third-order valence-electron chi connectivity index (χ3n) is 1.30. The predicted octanol–water partition coefficient (Wildman–Crippen LogP) is 4.61. The van der Waals surface area contributed by atoms with Gasteiger partial charge in [-0.15, -0.1) is 23.2 Å². The molecule has 5 heteroatoms. The van der Waals surface area contributed by atoms with Gasteiger partial charge in [-0.1, -0.05) is 29.3 Å². The van der Waals surface area contributed by atoms with Crippen molar-refractivity contribution in [2.45, 2.75) is 4.84 Å². The van der Waals surface area contributed by atoms with E-state index in [1.807, 2.05) is 0 Å². The molecular formula is C7H3Cl4F. The van der Waals surface area contributed by atoms with Gasteiger partial charge in [0.2, 0.25) is 0 Å². The lowest BCUT2D eigenvalue weighted by molar-refractivity contribution is 0.628. The summed E-state index contributed by atoms with van der Waals surface area (Å²) in [4.78, 5) is -0.796. The minimum Gasteiger partial charge on any atom is -0.205 e. The van der Waals surface area contributed by atoms with Gasteiger partial charge in [-0.3, -0.25) is 0 Å². The summed E-state index contributed by atoms with van der Waals surface area (Å²) in [7, 11) is 0. The zero-order chi connectivity index (χ0) is 9.30. The average Bonchev–Trinajstić information content (AvgIpc) is 2.00. The molecule has 0 aliphatic rings. The molecule has 0 unspecified atom stereocenters. The molecule has 0 saturated carbocycles. The topological polar surface area (TPSA) is 0 Å². The van der Waals surface area contributed by atoms with Crippen LogP contribution in [-0.2, 0) is 0 Å². The Hall–Kier alpha value is 0.310. The van der Waals surface area contributed by atoms with Crippen molar-refractivity contribution in [3.8, 4) is 0 Å². The van der Waals surface area contributed by atoms with Gasteiger partial charge in [0.25, 0.3) is 0 Å².